The normalized spacial score (nSPS) is 12.2. The van der Waals surface area contributed by atoms with Crippen molar-refractivity contribution in [3.63, 3.8) is 0 Å². The number of aryl methyl sites for hydroxylation is 1. The van der Waals surface area contributed by atoms with Gasteiger partial charge in [0.2, 0.25) is 5.91 Å². The fraction of sp³-hybridized carbons (Fsp3) is 0.500. The molecule has 3 heteroatoms. The van der Waals surface area contributed by atoms with Crippen LogP contribution in [-0.4, -0.2) is 30.9 Å². The van der Waals surface area contributed by atoms with E-state index in [0.717, 1.165) is 6.54 Å². The van der Waals surface area contributed by atoms with Crippen LogP contribution < -0.4 is 5.32 Å². The number of amides is 1. The summed E-state index contributed by atoms with van der Waals surface area (Å²) in [6.45, 7) is 7.33. The monoisotopic (exact) mass is 234 g/mol. The lowest BCUT2D eigenvalue weighted by Crippen LogP contribution is -2.37. The van der Waals surface area contributed by atoms with Gasteiger partial charge in [-0.15, -0.1) is 0 Å². The number of hydrogen-bond acceptors (Lipinski definition) is 2. The summed E-state index contributed by atoms with van der Waals surface area (Å²) in [5.41, 5.74) is 2.41. The molecule has 0 aliphatic carbocycles. The molecule has 0 saturated heterocycles. The molecule has 0 radical (unpaired) electrons. The maximum atomic E-state index is 11.8. The maximum absolute atomic E-state index is 11.8. The van der Waals surface area contributed by atoms with E-state index in [1.54, 1.807) is 4.90 Å². The van der Waals surface area contributed by atoms with Crippen LogP contribution >= 0.6 is 0 Å². The first-order valence-electron chi connectivity index (χ1n) is 6.09. The van der Waals surface area contributed by atoms with E-state index in [9.17, 15) is 4.79 Å². The summed E-state index contributed by atoms with van der Waals surface area (Å²) in [6, 6.07) is 8.43. The standard InChI is InChI=1S/C14H22N2O/c1-5-15-10-14(17)16(4)12(3)13-8-6-11(2)7-9-13/h6-9,12,15H,5,10H2,1-4H3. The summed E-state index contributed by atoms with van der Waals surface area (Å²) >= 11 is 0. The topological polar surface area (TPSA) is 32.3 Å². The molecule has 0 fully saturated rings. The molecule has 1 atom stereocenters. The molecule has 0 aliphatic rings. The largest absolute Gasteiger partial charge is 0.338 e. The Morgan fingerprint density at radius 3 is 2.47 bits per heavy atom. The van der Waals surface area contributed by atoms with Gasteiger partial charge in [-0.1, -0.05) is 36.8 Å². The highest BCUT2D eigenvalue weighted by Gasteiger charge is 2.16. The highest BCUT2D eigenvalue weighted by molar-refractivity contribution is 5.78. The zero-order chi connectivity index (χ0) is 12.8. The minimum absolute atomic E-state index is 0.113. The number of nitrogens with one attached hydrogen (secondary N) is 1. The van der Waals surface area contributed by atoms with Gasteiger partial charge in [-0.3, -0.25) is 4.79 Å². The van der Waals surface area contributed by atoms with Gasteiger partial charge in [0.05, 0.1) is 12.6 Å². The Morgan fingerprint density at radius 2 is 1.94 bits per heavy atom. The molecule has 94 valence electrons. The van der Waals surface area contributed by atoms with Crippen molar-refractivity contribution in [1.29, 1.82) is 0 Å². The van der Waals surface area contributed by atoms with Crippen LogP contribution in [0.1, 0.15) is 31.0 Å². The Balaban J connectivity index is 2.65. The molecule has 17 heavy (non-hydrogen) atoms. The van der Waals surface area contributed by atoms with E-state index in [1.165, 1.54) is 11.1 Å². The third kappa shape index (κ3) is 3.86. The Bertz CT molecular complexity index is 359. The van der Waals surface area contributed by atoms with E-state index >= 15 is 0 Å². The molecule has 0 aliphatic heterocycles. The minimum atomic E-state index is 0.113. The van der Waals surface area contributed by atoms with Crippen LogP contribution in [-0.2, 0) is 4.79 Å². The number of hydrogen-bond donors (Lipinski definition) is 1. The van der Waals surface area contributed by atoms with Crippen molar-refractivity contribution in [2.75, 3.05) is 20.1 Å². The predicted molar refractivity (Wildman–Crippen MR) is 70.9 cm³/mol. The second-order valence-electron chi connectivity index (χ2n) is 4.37. The van der Waals surface area contributed by atoms with E-state index in [-0.39, 0.29) is 11.9 Å². The molecule has 1 N–H and O–H groups in total. The molecule has 0 spiro atoms. The summed E-state index contributed by atoms with van der Waals surface area (Å²) in [5, 5.41) is 3.05. The van der Waals surface area contributed by atoms with Gasteiger partial charge < -0.3 is 10.2 Å². The number of likely N-dealkylation sites (N-methyl/N-ethyl adjacent to an activating group) is 2. The predicted octanol–water partition coefficient (Wildman–Crippen LogP) is 2.12. The van der Waals surface area contributed by atoms with Crippen LogP contribution in [0.5, 0.6) is 0 Å². The van der Waals surface area contributed by atoms with E-state index in [0.29, 0.717) is 6.54 Å². The summed E-state index contributed by atoms with van der Waals surface area (Å²) in [5.74, 6) is 0.125. The molecule has 1 unspecified atom stereocenters. The SMILES string of the molecule is CCNCC(=O)N(C)C(C)c1ccc(C)cc1. The van der Waals surface area contributed by atoms with Crippen molar-refractivity contribution in [3.8, 4) is 0 Å². The Morgan fingerprint density at radius 1 is 1.35 bits per heavy atom. The summed E-state index contributed by atoms with van der Waals surface area (Å²) in [4.78, 5) is 13.6. The van der Waals surface area contributed by atoms with Gasteiger partial charge in [0.1, 0.15) is 0 Å². The molecule has 0 saturated carbocycles. The van der Waals surface area contributed by atoms with Crippen LogP contribution in [0.4, 0.5) is 0 Å². The smallest absolute Gasteiger partial charge is 0.236 e. The molecule has 0 bridgehead atoms. The van der Waals surface area contributed by atoms with E-state index < -0.39 is 0 Å². The van der Waals surface area contributed by atoms with Crippen LogP contribution in [0.15, 0.2) is 24.3 Å². The minimum Gasteiger partial charge on any atom is -0.338 e. The number of carbonyl (C=O) groups excluding carboxylic acids is 1. The third-order valence-electron chi connectivity index (χ3n) is 3.06. The molecule has 3 nitrogen and oxygen atoms in total. The molecular formula is C14H22N2O. The summed E-state index contributed by atoms with van der Waals surface area (Å²) < 4.78 is 0. The molecule has 0 aromatic heterocycles. The molecule has 1 amide bonds. The number of nitrogens with zero attached hydrogens (tertiary/aromatic N) is 1. The van der Waals surface area contributed by atoms with Crippen molar-refractivity contribution >= 4 is 5.91 Å². The highest BCUT2D eigenvalue weighted by atomic mass is 16.2. The lowest BCUT2D eigenvalue weighted by Gasteiger charge is -2.25. The first-order valence-corrected chi connectivity index (χ1v) is 6.09. The number of rotatable bonds is 5. The van der Waals surface area contributed by atoms with Crippen LogP contribution in [0.25, 0.3) is 0 Å². The zero-order valence-corrected chi connectivity index (χ0v) is 11.2. The van der Waals surface area contributed by atoms with Gasteiger partial charge in [0, 0.05) is 7.05 Å². The van der Waals surface area contributed by atoms with Gasteiger partial charge in [-0.05, 0) is 26.0 Å². The van der Waals surface area contributed by atoms with Gasteiger partial charge in [-0.2, -0.15) is 0 Å². The lowest BCUT2D eigenvalue weighted by molar-refractivity contribution is -0.130. The average Bonchev–Trinajstić information content (AvgIpc) is 2.35. The van der Waals surface area contributed by atoms with Crippen molar-refractivity contribution in [1.82, 2.24) is 10.2 Å². The Labute approximate surface area is 104 Å². The zero-order valence-electron chi connectivity index (χ0n) is 11.2. The quantitative estimate of drug-likeness (QED) is 0.846. The average molecular weight is 234 g/mol. The van der Waals surface area contributed by atoms with Gasteiger partial charge in [0.25, 0.3) is 0 Å². The van der Waals surface area contributed by atoms with E-state index in [1.807, 2.05) is 14.0 Å². The fourth-order valence-corrected chi connectivity index (χ4v) is 1.64. The van der Waals surface area contributed by atoms with Crippen LogP contribution in [0, 0.1) is 6.92 Å². The second kappa shape index (κ2) is 6.40. The van der Waals surface area contributed by atoms with Crippen molar-refractivity contribution in [2.24, 2.45) is 0 Å². The van der Waals surface area contributed by atoms with Crippen molar-refractivity contribution < 1.29 is 4.79 Å². The second-order valence-corrected chi connectivity index (χ2v) is 4.37. The first-order chi connectivity index (χ1) is 8.06. The van der Waals surface area contributed by atoms with Gasteiger partial charge >= 0.3 is 0 Å². The molecule has 1 rings (SSSR count). The van der Waals surface area contributed by atoms with Crippen LogP contribution in [0.3, 0.4) is 0 Å². The number of carbonyl (C=O) groups is 1. The fourth-order valence-electron chi connectivity index (χ4n) is 1.64. The van der Waals surface area contributed by atoms with Crippen molar-refractivity contribution in [3.05, 3.63) is 35.4 Å². The van der Waals surface area contributed by atoms with E-state index in [2.05, 4.69) is 43.4 Å². The lowest BCUT2D eigenvalue weighted by atomic mass is 10.1. The van der Waals surface area contributed by atoms with E-state index in [4.69, 9.17) is 0 Å². The molecular weight excluding hydrogens is 212 g/mol. The number of benzene rings is 1. The molecule has 0 heterocycles. The van der Waals surface area contributed by atoms with Gasteiger partial charge in [-0.25, -0.2) is 0 Å². The molecule has 1 aromatic rings. The first kappa shape index (κ1) is 13.7. The Kier molecular flexibility index (Phi) is 5.16. The van der Waals surface area contributed by atoms with Crippen LogP contribution in [0.2, 0.25) is 0 Å². The summed E-state index contributed by atoms with van der Waals surface area (Å²) in [6.07, 6.45) is 0. The third-order valence-corrected chi connectivity index (χ3v) is 3.06. The van der Waals surface area contributed by atoms with Crippen molar-refractivity contribution in [2.45, 2.75) is 26.8 Å². The van der Waals surface area contributed by atoms with Gasteiger partial charge in [0.15, 0.2) is 0 Å². The molecule has 1 aromatic carbocycles. The summed E-state index contributed by atoms with van der Waals surface area (Å²) in [7, 11) is 1.85. The maximum Gasteiger partial charge on any atom is 0.236 e. The highest BCUT2D eigenvalue weighted by Crippen LogP contribution is 2.18. The Hall–Kier alpha value is -1.35.